The number of ether oxygens (including phenoxy) is 1. The van der Waals surface area contributed by atoms with E-state index in [1.807, 2.05) is 6.07 Å². The Hall–Kier alpha value is -2.84. The van der Waals surface area contributed by atoms with Crippen LogP contribution in [0.25, 0.3) is 0 Å². The molecule has 0 heterocycles. The fraction of sp³-hybridized carbons (Fsp3) is 0.0625. The molecule has 0 aliphatic carbocycles. The highest BCUT2D eigenvalue weighted by Gasteiger charge is 2.05. The number of amides is 1. The lowest BCUT2D eigenvalue weighted by Crippen LogP contribution is -2.24. The molecule has 6 heteroatoms. The van der Waals surface area contributed by atoms with Crippen molar-refractivity contribution in [2.45, 2.75) is 0 Å². The topological polar surface area (TPSA) is 74.5 Å². The van der Waals surface area contributed by atoms with Crippen LogP contribution in [0.1, 0.15) is 11.1 Å². The van der Waals surface area contributed by atoms with Gasteiger partial charge in [0.25, 0.3) is 5.91 Å². The van der Waals surface area contributed by atoms with E-state index in [0.29, 0.717) is 16.3 Å². The summed E-state index contributed by atoms with van der Waals surface area (Å²) < 4.78 is 5.28. The molecule has 0 saturated carbocycles. The fourth-order valence-electron chi connectivity index (χ4n) is 1.63. The first-order valence-corrected chi connectivity index (χ1v) is 6.76. The van der Waals surface area contributed by atoms with Crippen molar-refractivity contribution in [1.82, 2.24) is 5.43 Å². The Morgan fingerprint density at radius 1 is 1.32 bits per heavy atom. The van der Waals surface area contributed by atoms with Crippen molar-refractivity contribution in [3.05, 3.63) is 64.7 Å². The van der Waals surface area contributed by atoms with Crippen LogP contribution in [-0.2, 0) is 4.79 Å². The minimum atomic E-state index is -0.425. The average Bonchev–Trinajstić information content (AvgIpc) is 2.53. The zero-order valence-electron chi connectivity index (χ0n) is 11.5. The number of hydrogen-bond donors (Lipinski definition) is 1. The van der Waals surface area contributed by atoms with Gasteiger partial charge in [-0.2, -0.15) is 10.4 Å². The zero-order chi connectivity index (χ0) is 15.8. The molecule has 110 valence electrons. The van der Waals surface area contributed by atoms with Crippen LogP contribution in [0.15, 0.2) is 53.6 Å². The summed E-state index contributed by atoms with van der Waals surface area (Å²) in [5.74, 6) is -0.0648. The Labute approximate surface area is 132 Å². The van der Waals surface area contributed by atoms with Gasteiger partial charge < -0.3 is 4.74 Å². The Morgan fingerprint density at radius 2 is 2.14 bits per heavy atom. The second kappa shape index (κ2) is 7.81. The molecular weight excluding hydrogens is 302 g/mol. The zero-order valence-corrected chi connectivity index (χ0v) is 12.2. The molecule has 2 aromatic carbocycles. The third-order valence-electron chi connectivity index (χ3n) is 2.62. The van der Waals surface area contributed by atoms with Gasteiger partial charge in [0.15, 0.2) is 6.61 Å². The Kier molecular flexibility index (Phi) is 5.52. The molecule has 0 spiro atoms. The molecule has 1 amide bonds. The van der Waals surface area contributed by atoms with Crippen molar-refractivity contribution >= 4 is 23.7 Å². The summed E-state index contributed by atoms with van der Waals surface area (Å²) in [5.41, 5.74) is 3.48. The third kappa shape index (κ3) is 4.62. The number of rotatable bonds is 5. The van der Waals surface area contributed by atoms with Crippen molar-refractivity contribution in [1.29, 1.82) is 5.26 Å². The molecule has 0 radical (unpaired) electrons. The maximum absolute atomic E-state index is 11.6. The van der Waals surface area contributed by atoms with E-state index in [0.717, 1.165) is 5.56 Å². The summed E-state index contributed by atoms with van der Waals surface area (Å²) in [5, 5.41) is 13.3. The number of benzene rings is 2. The van der Waals surface area contributed by atoms with Crippen LogP contribution < -0.4 is 10.2 Å². The minimum Gasteiger partial charge on any atom is -0.482 e. The van der Waals surface area contributed by atoms with E-state index in [9.17, 15) is 4.79 Å². The first-order valence-electron chi connectivity index (χ1n) is 6.38. The summed E-state index contributed by atoms with van der Waals surface area (Å²) in [6.45, 7) is -0.231. The van der Waals surface area contributed by atoms with Gasteiger partial charge in [0, 0.05) is 5.02 Å². The van der Waals surface area contributed by atoms with Crippen molar-refractivity contribution in [3.63, 3.8) is 0 Å². The maximum atomic E-state index is 11.6. The Morgan fingerprint density at radius 3 is 2.91 bits per heavy atom. The van der Waals surface area contributed by atoms with E-state index in [2.05, 4.69) is 10.5 Å². The second-order valence-electron chi connectivity index (χ2n) is 4.24. The molecule has 0 atom stereocenters. The van der Waals surface area contributed by atoms with Gasteiger partial charge in [0.05, 0.1) is 11.8 Å². The summed E-state index contributed by atoms with van der Waals surface area (Å²) in [6, 6.07) is 15.7. The smallest absolute Gasteiger partial charge is 0.277 e. The van der Waals surface area contributed by atoms with Crippen molar-refractivity contribution in [3.8, 4) is 11.8 Å². The van der Waals surface area contributed by atoms with Crippen LogP contribution in [0.4, 0.5) is 0 Å². The molecule has 0 aromatic heterocycles. The largest absolute Gasteiger partial charge is 0.482 e. The molecule has 0 fully saturated rings. The van der Waals surface area contributed by atoms with Gasteiger partial charge in [-0.05, 0) is 29.8 Å². The lowest BCUT2D eigenvalue weighted by molar-refractivity contribution is -0.123. The molecule has 5 nitrogen and oxygen atoms in total. The third-order valence-corrected chi connectivity index (χ3v) is 2.85. The number of hydrazone groups is 1. The number of carbonyl (C=O) groups is 1. The molecule has 0 aliphatic heterocycles. The van der Waals surface area contributed by atoms with Crippen LogP contribution in [-0.4, -0.2) is 18.7 Å². The number of nitrogens with one attached hydrogen (secondary N) is 1. The van der Waals surface area contributed by atoms with Gasteiger partial charge in [-0.1, -0.05) is 35.9 Å². The van der Waals surface area contributed by atoms with Gasteiger partial charge in [0.2, 0.25) is 0 Å². The van der Waals surface area contributed by atoms with E-state index in [-0.39, 0.29) is 6.61 Å². The fourth-order valence-corrected chi connectivity index (χ4v) is 1.82. The van der Waals surface area contributed by atoms with E-state index in [4.69, 9.17) is 21.6 Å². The van der Waals surface area contributed by atoms with Crippen LogP contribution >= 0.6 is 11.6 Å². The van der Waals surface area contributed by atoms with E-state index in [1.54, 1.807) is 48.5 Å². The van der Waals surface area contributed by atoms with E-state index >= 15 is 0 Å². The summed E-state index contributed by atoms with van der Waals surface area (Å²) in [6.07, 6.45) is 1.48. The molecule has 2 rings (SSSR count). The van der Waals surface area contributed by atoms with E-state index < -0.39 is 5.91 Å². The second-order valence-corrected chi connectivity index (χ2v) is 4.68. The monoisotopic (exact) mass is 313 g/mol. The predicted molar refractivity (Wildman–Crippen MR) is 83.8 cm³/mol. The molecule has 0 saturated heterocycles. The van der Waals surface area contributed by atoms with Crippen LogP contribution in [0.2, 0.25) is 5.02 Å². The number of para-hydroxylation sites is 1. The number of carbonyl (C=O) groups excluding carboxylic acids is 1. The predicted octanol–water partition coefficient (Wildman–Crippen LogP) is 2.74. The quantitative estimate of drug-likeness (QED) is 0.681. The highest BCUT2D eigenvalue weighted by molar-refractivity contribution is 6.30. The first kappa shape index (κ1) is 15.5. The van der Waals surface area contributed by atoms with Gasteiger partial charge in [-0.25, -0.2) is 5.43 Å². The van der Waals surface area contributed by atoms with Crippen molar-refractivity contribution in [2.75, 3.05) is 6.61 Å². The number of nitriles is 1. The van der Waals surface area contributed by atoms with Gasteiger partial charge in [0.1, 0.15) is 11.8 Å². The minimum absolute atomic E-state index is 0.231. The standard InChI is InChI=1S/C16H12ClN3O2/c17-14-6-3-4-12(8-14)10-19-20-16(21)11-22-15-7-2-1-5-13(15)9-18/h1-8,10H,11H2,(H,20,21). The molecule has 0 bridgehead atoms. The highest BCUT2D eigenvalue weighted by atomic mass is 35.5. The highest BCUT2D eigenvalue weighted by Crippen LogP contribution is 2.16. The van der Waals surface area contributed by atoms with Crippen LogP contribution in [0, 0.1) is 11.3 Å². The number of nitrogens with zero attached hydrogens (tertiary/aromatic N) is 2. The normalized spacial score (nSPS) is 10.2. The molecule has 0 unspecified atom stereocenters. The number of halogens is 1. The van der Waals surface area contributed by atoms with Crippen LogP contribution in [0.3, 0.4) is 0 Å². The van der Waals surface area contributed by atoms with E-state index in [1.165, 1.54) is 6.21 Å². The lowest BCUT2D eigenvalue weighted by atomic mass is 10.2. The van der Waals surface area contributed by atoms with Crippen LogP contribution in [0.5, 0.6) is 5.75 Å². The first-order chi connectivity index (χ1) is 10.7. The SMILES string of the molecule is N#Cc1ccccc1OCC(=O)NN=Cc1cccc(Cl)c1. The maximum Gasteiger partial charge on any atom is 0.277 e. The average molecular weight is 314 g/mol. The molecule has 1 N–H and O–H groups in total. The van der Waals surface area contributed by atoms with Gasteiger partial charge in [-0.15, -0.1) is 0 Å². The Balaban J connectivity index is 1.85. The summed E-state index contributed by atoms with van der Waals surface area (Å²) in [4.78, 5) is 11.6. The summed E-state index contributed by atoms with van der Waals surface area (Å²) in [7, 11) is 0. The molecule has 0 aliphatic rings. The van der Waals surface area contributed by atoms with Crippen molar-refractivity contribution < 1.29 is 9.53 Å². The molecule has 2 aromatic rings. The van der Waals surface area contributed by atoms with Crippen molar-refractivity contribution in [2.24, 2.45) is 5.10 Å². The molecule has 22 heavy (non-hydrogen) atoms. The number of hydrogen-bond acceptors (Lipinski definition) is 4. The summed E-state index contributed by atoms with van der Waals surface area (Å²) >= 11 is 5.84. The Bertz CT molecular complexity index is 738. The molecular formula is C16H12ClN3O2. The van der Waals surface area contributed by atoms with Gasteiger partial charge in [-0.3, -0.25) is 4.79 Å². The lowest BCUT2D eigenvalue weighted by Gasteiger charge is -2.06. The van der Waals surface area contributed by atoms with Gasteiger partial charge >= 0.3 is 0 Å².